The van der Waals surface area contributed by atoms with Crippen LogP contribution < -0.4 is 4.90 Å². The maximum Gasteiger partial charge on any atom is 0.205 e. The summed E-state index contributed by atoms with van der Waals surface area (Å²) in [6, 6.07) is 0. The van der Waals surface area contributed by atoms with Gasteiger partial charge in [-0.1, -0.05) is 6.92 Å². The molecule has 0 bridgehead atoms. The second-order valence-corrected chi connectivity index (χ2v) is 5.56. The number of rotatable bonds is 4. The Hall–Kier alpha value is -0.720. The largest absolute Gasteiger partial charge is 0.392 e. The van der Waals surface area contributed by atoms with E-state index >= 15 is 0 Å². The van der Waals surface area contributed by atoms with E-state index < -0.39 is 0 Å². The van der Waals surface area contributed by atoms with Crippen LogP contribution in [0.3, 0.4) is 0 Å². The molecule has 0 amide bonds. The Balaban J connectivity index is 1.88. The molecule has 0 aliphatic carbocycles. The first-order chi connectivity index (χ1) is 8.69. The third kappa shape index (κ3) is 3.63. The zero-order valence-electron chi connectivity index (χ0n) is 11.2. The molecule has 1 aliphatic heterocycles. The number of hydrogen-bond donors (Lipinski definition) is 1. The van der Waals surface area contributed by atoms with Gasteiger partial charge in [-0.3, -0.25) is 4.90 Å². The molecule has 18 heavy (non-hydrogen) atoms. The van der Waals surface area contributed by atoms with Crippen LogP contribution in [0.1, 0.15) is 25.6 Å². The predicted molar refractivity (Wildman–Crippen MR) is 74.2 cm³/mol. The van der Waals surface area contributed by atoms with Gasteiger partial charge in [-0.25, -0.2) is 4.98 Å². The SMILES string of the molecule is CCC(O)CN1CCCN(c2nc(C)ns2)CC1. The quantitative estimate of drug-likeness (QED) is 0.889. The van der Waals surface area contributed by atoms with Crippen LogP contribution in [0.5, 0.6) is 0 Å². The smallest absolute Gasteiger partial charge is 0.205 e. The van der Waals surface area contributed by atoms with Crippen LogP contribution in [-0.2, 0) is 0 Å². The number of aromatic nitrogens is 2. The molecule has 1 unspecified atom stereocenters. The molecule has 102 valence electrons. The lowest BCUT2D eigenvalue weighted by atomic mass is 10.2. The van der Waals surface area contributed by atoms with Crippen LogP contribution in [0, 0.1) is 6.92 Å². The van der Waals surface area contributed by atoms with Gasteiger partial charge in [-0.05, 0) is 26.3 Å². The van der Waals surface area contributed by atoms with Crippen LogP contribution in [-0.4, -0.2) is 58.2 Å². The molecule has 2 rings (SSSR count). The molecule has 1 fully saturated rings. The minimum absolute atomic E-state index is 0.194. The second-order valence-electron chi connectivity index (χ2n) is 4.83. The molecule has 1 aliphatic rings. The Morgan fingerprint density at radius 3 is 2.83 bits per heavy atom. The number of nitrogens with zero attached hydrogens (tertiary/aromatic N) is 4. The molecule has 1 N–H and O–H groups in total. The third-order valence-corrected chi connectivity index (χ3v) is 4.18. The van der Waals surface area contributed by atoms with Gasteiger partial charge in [-0.15, -0.1) is 0 Å². The average Bonchev–Trinajstić information content (AvgIpc) is 2.66. The van der Waals surface area contributed by atoms with Crippen molar-refractivity contribution in [3.63, 3.8) is 0 Å². The first-order valence-electron chi connectivity index (χ1n) is 6.64. The third-order valence-electron chi connectivity index (χ3n) is 3.32. The van der Waals surface area contributed by atoms with Crippen molar-refractivity contribution in [2.24, 2.45) is 0 Å². The number of β-amino-alcohol motifs (C(OH)–C–C–N with tert-alkyl or cyclic N) is 1. The van der Waals surface area contributed by atoms with Crippen molar-refractivity contribution in [2.75, 3.05) is 37.6 Å². The maximum absolute atomic E-state index is 9.71. The number of aryl methyl sites for hydroxylation is 1. The highest BCUT2D eigenvalue weighted by atomic mass is 32.1. The van der Waals surface area contributed by atoms with Crippen molar-refractivity contribution in [1.82, 2.24) is 14.3 Å². The van der Waals surface area contributed by atoms with E-state index in [1.165, 1.54) is 11.5 Å². The highest BCUT2D eigenvalue weighted by molar-refractivity contribution is 7.09. The highest BCUT2D eigenvalue weighted by Gasteiger charge is 2.18. The summed E-state index contributed by atoms with van der Waals surface area (Å²) in [5.74, 6) is 0.859. The highest BCUT2D eigenvalue weighted by Crippen LogP contribution is 2.18. The molecule has 2 heterocycles. The van der Waals surface area contributed by atoms with E-state index in [2.05, 4.69) is 19.2 Å². The molecule has 0 aromatic carbocycles. The standard InChI is InChI=1S/C12H22N4OS/c1-3-11(17)9-15-5-4-6-16(8-7-15)12-13-10(2)14-18-12/h11,17H,3-9H2,1-2H3. The lowest BCUT2D eigenvalue weighted by Crippen LogP contribution is -2.35. The van der Waals surface area contributed by atoms with E-state index in [0.717, 1.165) is 56.5 Å². The summed E-state index contributed by atoms with van der Waals surface area (Å²) >= 11 is 1.48. The van der Waals surface area contributed by atoms with Gasteiger partial charge in [0.25, 0.3) is 0 Å². The van der Waals surface area contributed by atoms with Crippen LogP contribution in [0.25, 0.3) is 0 Å². The van der Waals surface area contributed by atoms with Gasteiger partial charge in [0.1, 0.15) is 5.82 Å². The summed E-state index contributed by atoms with van der Waals surface area (Å²) in [4.78, 5) is 9.10. The topological polar surface area (TPSA) is 52.5 Å². The fraction of sp³-hybridized carbons (Fsp3) is 0.833. The van der Waals surface area contributed by atoms with Gasteiger partial charge in [0.2, 0.25) is 5.13 Å². The van der Waals surface area contributed by atoms with Crippen LogP contribution in [0.2, 0.25) is 0 Å². The zero-order valence-corrected chi connectivity index (χ0v) is 12.0. The monoisotopic (exact) mass is 270 g/mol. The van der Waals surface area contributed by atoms with Crippen LogP contribution in [0.4, 0.5) is 5.13 Å². The first-order valence-corrected chi connectivity index (χ1v) is 7.42. The van der Waals surface area contributed by atoms with Gasteiger partial charge in [0, 0.05) is 37.7 Å². The maximum atomic E-state index is 9.71. The van der Waals surface area contributed by atoms with Gasteiger partial charge in [0.05, 0.1) is 6.10 Å². The Kier molecular flexibility index (Phi) is 4.91. The van der Waals surface area contributed by atoms with Crippen molar-refractivity contribution < 1.29 is 5.11 Å². The summed E-state index contributed by atoms with van der Waals surface area (Å²) in [6.45, 7) is 8.82. The Labute approximate surface area is 113 Å². The number of aliphatic hydroxyl groups is 1. The van der Waals surface area contributed by atoms with E-state index in [1.54, 1.807) is 0 Å². The van der Waals surface area contributed by atoms with E-state index in [9.17, 15) is 5.11 Å². The van der Waals surface area contributed by atoms with Crippen LogP contribution in [0.15, 0.2) is 0 Å². The molecule has 1 saturated heterocycles. The lowest BCUT2D eigenvalue weighted by molar-refractivity contribution is 0.113. The first kappa shape index (κ1) is 13.7. The minimum Gasteiger partial charge on any atom is -0.392 e. The summed E-state index contributed by atoms with van der Waals surface area (Å²) in [5, 5.41) is 10.7. The molecule has 1 atom stereocenters. The van der Waals surface area contributed by atoms with Gasteiger partial charge < -0.3 is 10.0 Å². The minimum atomic E-state index is -0.194. The van der Waals surface area contributed by atoms with Crippen molar-refractivity contribution in [3.05, 3.63) is 5.82 Å². The molecule has 6 heteroatoms. The predicted octanol–water partition coefficient (Wildman–Crippen LogP) is 1.13. The fourth-order valence-electron chi connectivity index (χ4n) is 2.19. The average molecular weight is 270 g/mol. The van der Waals surface area contributed by atoms with Crippen molar-refractivity contribution in [2.45, 2.75) is 32.8 Å². The van der Waals surface area contributed by atoms with E-state index in [0.29, 0.717) is 0 Å². The summed E-state index contributed by atoms with van der Waals surface area (Å²) < 4.78 is 4.24. The van der Waals surface area contributed by atoms with Crippen LogP contribution >= 0.6 is 11.5 Å². The molecule has 1 aromatic heterocycles. The molecule has 0 radical (unpaired) electrons. The van der Waals surface area contributed by atoms with E-state index in [-0.39, 0.29) is 6.10 Å². The number of aliphatic hydroxyl groups excluding tert-OH is 1. The molecular weight excluding hydrogens is 248 g/mol. The normalized spacial score (nSPS) is 19.8. The summed E-state index contributed by atoms with van der Waals surface area (Å²) in [5.41, 5.74) is 0. The molecule has 1 aromatic rings. The Morgan fingerprint density at radius 2 is 2.17 bits per heavy atom. The summed E-state index contributed by atoms with van der Waals surface area (Å²) in [6.07, 6.45) is 1.76. The molecular formula is C12H22N4OS. The summed E-state index contributed by atoms with van der Waals surface area (Å²) in [7, 11) is 0. The van der Waals surface area contributed by atoms with Crippen molar-refractivity contribution in [1.29, 1.82) is 0 Å². The number of anilines is 1. The fourth-order valence-corrected chi connectivity index (χ4v) is 2.91. The van der Waals surface area contributed by atoms with E-state index in [1.807, 2.05) is 13.8 Å². The van der Waals surface area contributed by atoms with Crippen molar-refractivity contribution in [3.8, 4) is 0 Å². The van der Waals surface area contributed by atoms with E-state index in [4.69, 9.17) is 0 Å². The molecule has 0 spiro atoms. The van der Waals surface area contributed by atoms with Crippen molar-refractivity contribution >= 4 is 16.7 Å². The van der Waals surface area contributed by atoms with Gasteiger partial charge in [-0.2, -0.15) is 4.37 Å². The van der Waals surface area contributed by atoms with Gasteiger partial charge in [0.15, 0.2) is 0 Å². The molecule has 0 saturated carbocycles. The second kappa shape index (κ2) is 6.45. The number of hydrogen-bond acceptors (Lipinski definition) is 6. The van der Waals surface area contributed by atoms with Gasteiger partial charge >= 0.3 is 0 Å². The Morgan fingerprint density at radius 1 is 1.33 bits per heavy atom. The zero-order chi connectivity index (χ0) is 13.0. The lowest BCUT2D eigenvalue weighted by Gasteiger charge is -2.23. The Bertz CT molecular complexity index is 371. The molecule has 5 nitrogen and oxygen atoms in total.